The molecule has 0 bridgehead atoms. The van der Waals surface area contributed by atoms with E-state index in [0.29, 0.717) is 12.5 Å². The Kier molecular flexibility index (Phi) is 5.45. The SMILES string of the molecule is O=C(O)c1cc(S(=O)(=O)NCCCC2CCCC2)c(Br)o1. The summed E-state index contributed by atoms with van der Waals surface area (Å²) in [7, 11) is -3.75. The lowest BCUT2D eigenvalue weighted by molar-refractivity contribution is 0.0661. The minimum absolute atomic E-state index is 0.0943. The summed E-state index contributed by atoms with van der Waals surface area (Å²) in [5, 5.41) is 8.79. The van der Waals surface area contributed by atoms with Crippen molar-refractivity contribution in [3.8, 4) is 0 Å². The molecule has 0 amide bonds. The Labute approximate surface area is 132 Å². The van der Waals surface area contributed by atoms with Gasteiger partial charge in [0.1, 0.15) is 4.90 Å². The molecular weight excluding hydrogens is 362 g/mol. The summed E-state index contributed by atoms with van der Waals surface area (Å²) < 4.78 is 31.4. The van der Waals surface area contributed by atoms with Crippen molar-refractivity contribution in [2.45, 2.75) is 43.4 Å². The molecule has 1 aromatic heterocycles. The van der Waals surface area contributed by atoms with Crippen LogP contribution in [-0.2, 0) is 10.0 Å². The third kappa shape index (κ3) is 4.31. The second-order valence-corrected chi connectivity index (χ2v) is 7.70. The summed E-state index contributed by atoms with van der Waals surface area (Å²) >= 11 is 2.93. The molecule has 1 aliphatic carbocycles. The molecule has 1 saturated carbocycles. The van der Waals surface area contributed by atoms with E-state index in [1.54, 1.807) is 0 Å². The first-order valence-electron chi connectivity index (χ1n) is 6.92. The Morgan fingerprint density at radius 1 is 1.43 bits per heavy atom. The zero-order chi connectivity index (χ0) is 15.5. The van der Waals surface area contributed by atoms with E-state index >= 15 is 0 Å². The number of rotatable bonds is 7. The number of hydrogen-bond acceptors (Lipinski definition) is 4. The monoisotopic (exact) mass is 379 g/mol. The van der Waals surface area contributed by atoms with Gasteiger partial charge in [-0.3, -0.25) is 0 Å². The summed E-state index contributed by atoms with van der Waals surface area (Å²) in [6.07, 6.45) is 6.83. The first kappa shape index (κ1) is 16.5. The third-order valence-electron chi connectivity index (χ3n) is 3.71. The van der Waals surface area contributed by atoms with Gasteiger partial charge in [-0.05, 0) is 34.7 Å². The van der Waals surface area contributed by atoms with Gasteiger partial charge >= 0.3 is 5.97 Å². The Morgan fingerprint density at radius 3 is 2.67 bits per heavy atom. The Bertz CT molecular complexity index is 604. The second kappa shape index (κ2) is 6.93. The maximum Gasteiger partial charge on any atom is 0.371 e. The van der Waals surface area contributed by atoms with E-state index < -0.39 is 21.8 Å². The molecule has 0 atom stereocenters. The number of aromatic carboxylic acids is 1. The van der Waals surface area contributed by atoms with Crippen molar-refractivity contribution in [2.75, 3.05) is 6.54 Å². The number of carboxylic acids is 1. The van der Waals surface area contributed by atoms with Gasteiger partial charge in [0, 0.05) is 12.6 Å². The lowest BCUT2D eigenvalue weighted by Gasteiger charge is -2.09. The number of nitrogens with one attached hydrogen (secondary N) is 1. The van der Waals surface area contributed by atoms with Crippen molar-refractivity contribution in [2.24, 2.45) is 5.92 Å². The van der Waals surface area contributed by atoms with Crippen molar-refractivity contribution in [3.05, 3.63) is 16.5 Å². The Balaban J connectivity index is 1.90. The molecular formula is C13H18BrNO5S. The van der Waals surface area contributed by atoms with Crippen LogP contribution in [0, 0.1) is 5.92 Å². The average molecular weight is 380 g/mol. The molecule has 2 rings (SSSR count). The van der Waals surface area contributed by atoms with Crippen molar-refractivity contribution in [1.82, 2.24) is 4.72 Å². The fourth-order valence-electron chi connectivity index (χ4n) is 2.61. The number of halogens is 1. The standard InChI is InChI=1S/C13H18BrNO5S/c14-12-11(8-10(20-12)13(16)17)21(18,19)15-7-3-6-9-4-1-2-5-9/h8-9,15H,1-7H2,(H,16,17). The van der Waals surface area contributed by atoms with Gasteiger partial charge in [-0.1, -0.05) is 25.7 Å². The van der Waals surface area contributed by atoms with Crippen LogP contribution < -0.4 is 4.72 Å². The van der Waals surface area contributed by atoms with Crippen LogP contribution in [0.1, 0.15) is 49.1 Å². The van der Waals surface area contributed by atoms with E-state index in [0.717, 1.165) is 18.9 Å². The minimum Gasteiger partial charge on any atom is -0.475 e. The van der Waals surface area contributed by atoms with Crippen LogP contribution in [0.2, 0.25) is 0 Å². The van der Waals surface area contributed by atoms with E-state index in [1.165, 1.54) is 25.7 Å². The predicted molar refractivity (Wildman–Crippen MR) is 79.7 cm³/mol. The van der Waals surface area contributed by atoms with Gasteiger partial charge in [-0.25, -0.2) is 17.9 Å². The molecule has 0 spiro atoms. The van der Waals surface area contributed by atoms with Crippen LogP contribution in [-0.4, -0.2) is 26.0 Å². The summed E-state index contributed by atoms with van der Waals surface area (Å²) in [4.78, 5) is 10.6. The average Bonchev–Trinajstić information content (AvgIpc) is 3.04. The molecule has 1 aromatic rings. The molecule has 1 aliphatic rings. The van der Waals surface area contributed by atoms with Gasteiger partial charge in [-0.15, -0.1) is 0 Å². The van der Waals surface area contributed by atoms with Crippen LogP contribution in [0.4, 0.5) is 0 Å². The largest absolute Gasteiger partial charge is 0.475 e. The van der Waals surface area contributed by atoms with Gasteiger partial charge in [0.05, 0.1) is 0 Å². The molecule has 0 saturated heterocycles. The summed E-state index contributed by atoms with van der Waals surface area (Å²) in [6, 6.07) is 1.01. The van der Waals surface area contributed by atoms with Crippen molar-refractivity contribution in [1.29, 1.82) is 0 Å². The quantitative estimate of drug-likeness (QED) is 0.709. The van der Waals surface area contributed by atoms with Gasteiger partial charge in [0.25, 0.3) is 0 Å². The third-order valence-corrected chi connectivity index (χ3v) is 6.03. The summed E-state index contributed by atoms with van der Waals surface area (Å²) in [5.74, 6) is -1.000. The highest BCUT2D eigenvalue weighted by Crippen LogP contribution is 2.29. The Hall–Kier alpha value is -0.860. The first-order chi connectivity index (χ1) is 9.90. The normalized spacial score (nSPS) is 16.4. The lowest BCUT2D eigenvalue weighted by atomic mass is 10.0. The number of carboxylic acid groups (broad SMARTS) is 1. The molecule has 6 nitrogen and oxygen atoms in total. The lowest BCUT2D eigenvalue weighted by Crippen LogP contribution is -2.25. The fourth-order valence-corrected chi connectivity index (χ4v) is 4.63. The number of sulfonamides is 1. The number of carbonyl (C=O) groups is 1. The van der Waals surface area contributed by atoms with E-state index in [1.807, 2.05) is 0 Å². The molecule has 21 heavy (non-hydrogen) atoms. The second-order valence-electron chi connectivity index (χ2n) is 5.24. The molecule has 0 aliphatic heterocycles. The summed E-state index contributed by atoms with van der Waals surface area (Å²) in [6.45, 7) is 0.346. The van der Waals surface area contributed by atoms with Crippen molar-refractivity contribution >= 4 is 31.9 Å². The smallest absolute Gasteiger partial charge is 0.371 e. The van der Waals surface area contributed by atoms with Gasteiger partial charge in [0.15, 0.2) is 4.67 Å². The zero-order valence-corrected chi connectivity index (χ0v) is 13.9. The van der Waals surface area contributed by atoms with Gasteiger partial charge < -0.3 is 9.52 Å². The maximum absolute atomic E-state index is 12.1. The zero-order valence-electron chi connectivity index (χ0n) is 11.5. The highest BCUT2D eigenvalue weighted by molar-refractivity contribution is 9.10. The van der Waals surface area contributed by atoms with E-state index in [2.05, 4.69) is 20.7 Å². The molecule has 1 fully saturated rings. The maximum atomic E-state index is 12.1. The van der Waals surface area contributed by atoms with Crippen LogP contribution in [0.15, 0.2) is 20.0 Å². The van der Waals surface area contributed by atoms with E-state index in [-0.39, 0.29) is 9.56 Å². The molecule has 0 radical (unpaired) electrons. The van der Waals surface area contributed by atoms with Crippen LogP contribution in [0.5, 0.6) is 0 Å². The molecule has 0 unspecified atom stereocenters. The van der Waals surface area contributed by atoms with Gasteiger partial charge in [0.2, 0.25) is 15.8 Å². The molecule has 8 heteroatoms. The molecule has 0 aromatic carbocycles. The molecule has 118 valence electrons. The van der Waals surface area contributed by atoms with E-state index in [4.69, 9.17) is 9.52 Å². The fraction of sp³-hybridized carbons (Fsp3) is 0.615. The highest BCUT2D eigenvalue weighted by atomic mass is 79.9. The topological polar surface area (TPSA) is 96.6 Å². The predicted octanol–water partition coefficient (Wildman–Crippen LogP) is 2.99. The minimum atomic E-state index is -3.75. The number of hydrogen-bond donors (Lipinski definition) is 2. The first-order valence-corrected chi connectivity index (χ1v) is 9.20. The molecule has 1 heterocycles. The van der Waals surface area contributed by atoms with Crippen molar-refractivity contribution in [3.63, 3.8) is 0 Å². The van der Waals surface area contributed by atoms with Crippen LogP contribution >= 0.6 is 15.9 Å². The number of furan rings is 1. The van der Waals surface area contributed by atoms with E-state index in [9.17, 15) is 13.2 Å². The van der Waals surface area contributed by atoms with Crippen LogP contribution in [0.25, 0.3) is 0 Å². The van der Waals surface area contributed by atoms with Crippen molar-refractivity contribution < 1.29 is 22.7 Å². The highest BCUT2D eigenvalue weighted by Gasteiger charge is 2.24. The Morgan fingerprint density at radius 2 is 2.10 bits per heavy atom. The summed E-state index contributed by atoms with van der Waals surface area (Å²) in [5.41, 5.74) is 0. The van der Waals surface area contributed by atoms with Crippen LogP contribution in [0.3, 0.4) is 0 Å². The molecule has 2 N–H and O–H groups in total. The van der Waals surface area contributed by atoms with Gasteiger partial charge in [-0.2, -0.15) is 0 Å².